The number of hydrogen-bond donors (Lipinski definition) is 0. The van der Waals surface area contributed by atoms with Gasteiger partial charge in [0.1, 0.15) is 5.82 Å². The molecule has 0 bridgehead atoms. The molecule has 2 aromatic carbocycles. The van der Waals surface area contributed by atoms with Gasteiger partial charge >= 0.3 is 0 Å². The number of hydrogen-bond acceptors (Lipinski definition) is 2. The average molecular weight is 293 g/mol. The second-order valence-corrected chi connectivity index (χ2v) is 6.07. The molecule has 0 aliphatic rings. The van der Waals surface area contributed by atoms with Gasteiger partial charge in [-0.3, -0.25) is 4.98 Å². The van der Waals surface area contributed by atoms with Gasteiger partial charge in [0.2, 0.25) is 0 Å². The van der Waals surface area contributed by atoms with E-state index in [1.165, 1.54) is 10.1 Å². The van der Waals surface area contributed by atoms with E-state index in [1.807, 2.05) is 37.3 Å². The van der Waals surface area contributed by atoms with Crippen LogP contribution in [0.15, 0.2) is 54.7 Å². The summed E-state index contributed by atoms with van der Waals surface area (Å²) in [5, 5.41) is 2.29. The van der Waals surface area contributed by atoms with Crippen molar-refractivity contribution in [2.75, 3.05) is 0 Å². The second-order valence-electron chi connectivity index (χ2n) is 5.05. The lowest BCUT2D eigenvalue weighted by atomic mass is 10.1. The maximum Gasteiger partial charge on any atom is 0.127 e. The van der Waals surface area contributed by atoms with Crippen LogP contribution >= 0.6 is 11.3 Å². The quantitative estimate of drug-likeness (QED) is 0.447. The first-order valence-electron chi connectivity index (χ1n) is 6.77. The predicted octanol–water partition coefficient (Wildman–Crippen LogP) is 5.56. The van der Waals surface area contributed by atoms with Crippen molar-refractivity contribution in [2.24, 2.45) is 0 Å². The molecule has 0 amide bonds. The highest BCUT2D eigenvalue weighted by atomic mass is 32.1. The highest BCUT2D eigenvalue weighted by molar-refractivity contribution is 7.26. The van der Waals surface area contributed by atoms with Crippen LogP contribution in [0.1, 0.15) is 5.56 Å². The standard InChI is InChI=1S/C18H12FNS/c1-11-15(19)9-8-13-12-5-4-6-14(18(12)21-17(11)13)16-7-2-3-10-20-16/h2-10H,1H3. The number of aryl methyl sites for hydroxylation is 1. The topological polar surface area (TPSA) is 12.9 Å². The van der Waals surface area contributed by atoms with Gasteiger partial charge in [-0.1, -0.05) is 24.3 Å². The van der Waals surface area contributed by atoms with E-state index in [0.29, 0.717) is 0 Å². The molecule has 0 saturated carbocycles. The number of halogens is 1. The zero-order valence-corrected chi connectivity index (χ0v) is 12.2. The lowest BCUT2D eigenvalue weighted by molar-refractivity contribution is 0.621. The molecule has 2 aromatic heterocycles. The van der Waals surface area contributed by atoms with Gasteiger partial charge in [-0.25, -0.2) is 4.39 Å². The van der Waals surface area contributed by atoms with Crippen LogP contribution in [0.4, 0.5) is 4.39 Å². The summed E-state index contributed by atoms with van der Waals surface area (Å²) in [5.41, 5.74) is 2.78. The first-order chi connectivity index (χ1) is 10.3. The molecule has 0 N–H and O–H groups in total. The van der Waals surface area contributed by atoms with Gasteiger partial charge in [0.05, 0.1) is 5.69 Å². The van der Waals surface area contributed by atoms with Gasteiger partial charge in [-0.05, 0) is 31.2 Å². The minimum absolute atomic E-state index is 0.145. The largest absolute Gasteiger partial charge is 0.256 e. The summed E-state index contributed by atoms with van der Waals surface area (Å²) in [5.74, 6) is -0.145. The van der Waals surface area contributed by atoms with E-state index in [-0.39, 0.29) is 5.82 Å². The third kappa shape index (κ3) is 1.85. The number of benzene rings is 2. The van der Waals surface area contributed by atoms with Gasteiger partial charge in [0, 0.05) is 37.5 Å². The van der Waals surface area contributed by atoms with Crippen molar-refractivity contribution in [3.63, 3.8) is 0 Å². The molecule has 102 valence electrons. The molecule has 4 aromatic rings. The normalized spacial score (nSPS) is 11.3. The summed E-state index contributed by atoms with van der Waals surface area (Å²) in [6.07, 6.45) is 1.80. The van der Waals surface area contributed by atoms with Gasteiger partial charge in [-0.15, -0.1) is 11.3 Å². The number of nitrogens with zero attached hydrogens (tertiary/aromatic N) is 1. The summed E-state index contributed by atoms with van der Waals surface area (Å²) in [6.45, 7) is 1.84. The average Bonchev–Trinajstić information content (AvgIpc) is 2.91. The summed E-state index contributed by atoms with van der Waals surface area (Å²) in [4.78, 5) is 4.44. The Morgan fingerprint density at radius 3 is 2.57 bits per heavy atom. The van der Waals surface area contributed by atoms with Gasteiger partial charge in [0.15, 0.2) is 0 Å². The molecule has 0 aliphatic carbocycles. The van der Waals surface area contributed by atoms with Crippen molar-refractivity contribution in [3.8, 4) is 11.3 Å². The first-order valence-corrected chi connectivity index (χ1v) is 7.59. The summed E-state index contributed by atoms with van der Waals surface area (Å²) in [7, 11) is 0. The maximum atomic E-state index is 13.8. The fourth-order valence-electron chi connectivity index (χ4n) is 2.70. The van der Waals surface area contributed by atoms with Crippen LogP contribution in [0.25, 0.3) is 31.4 Å². The van der Waals surface area contributed by atoms with E-state index < -0.39 is 0 Å². The molecule has 0 atom stereocenters. The van der Waals surface area contributed by atoms with Crippen molar-refractivity contribution >= 4 is 31.5 Å². The van der Waals surface area contributed by atoms with Crippen LogP contribution in [-0.2, 0) is 0 Å². The van der Waals surface area contributed by atoms with Crippen LogP contribution in [0.2, 0.25) is 0 Å². The van der Waals surface area contributed by atoms with Crippen LogP contribution in [0.5, 0.6) is 0 Å². The fourth-order valence-corrected chi connectivity index (χ4v) is 4.01. The highest BCUT2D eigenvalue weighted by Crippen LogP contribution is 2.40. The van der Waals surface area contributed by atoms with E-state index in [9.17, 15) is 4.39 Å². The Bertz CT molecular complexity index is 957. The van der Waals surface area contributed by atoms with Crippen molar-refractivity contribution < 1.29 is 4.39 Å². The third-order valence-corrected chi connectivity index (χ3v) is 5.16. The molecule has 3 heteroatoms. The molecule has 21 heavy (non-hydrogen) atoms. The van der Waals surface area contributed by atoms with Crippen LogP contribution in [0, 0.1) is 12.7 Å². The summed E-state index contributed by atoms with van der Waals surface area (Å²) >= 11 is 1.64. The van der Waals surface area contributed by atoms with E-state index in [1.54, 1.807) is 23.6 Å². The maximum absolute atomic E-state index is 13.8. The fraction of sp³-hybridized carbons (Fsp3) is 0.0556. The molecule has 0 fully saturated rings. The Hall–Kier alpha value is -2.26. The molecular weight excluding hydrogens is 281 g/mol. The molecular formula is C18H12FNS. The molecule has 4 rings (SSSR count). The lowest BCUT2D eigenvalue weighted by Gasteiger charge is -2.01. The molecule has 0 spiro atoms. The number of thiophene rings is 1. The molecule has 1 nitrogen and oxygen atoms in total. The molecule has 0 radical (unpaired) electrons. The summed E-state index contributed by atoms with van der Waals surface area (Å²) in [6, 6.07) is 15.5. The SMILES string of the molecule is Cc1c(F)ccc2c1sc1c(-c3ccccn3)cccc12. The first kappa shape index (κ1) is 12.5. The van der Waals surface area contributed by atoms with Crippen molar-refractivity contribution in [3.05, 3.63) is 66.1 Å². The van der Waals surface area contributed by atoms with Crippen LogP contribution in [0.3, 0.4) is 0 Å². The monoisotopic (exact) mass is 293 g/mol. The Kier molecular flexibility index (Phi) is 2.76. The van der Waals surface area contributed by atoms with Crippen LogP contribution < -0.4 is 0 Å². The highest BCUT2D eigenvalue weighted by Gasteiger charge is 2.13. The third-order valence-electron chi connectivity index (χ3n) is 3.79. The van der Waals surface area contributed by atoms with E-state index in [0.717, 1.165) is 26.9 Å². The Balaban J connectivity index is 2.13. The van der Waals surface area contributed by atoms with Gasteiger partial charge in [0.25, 0.3) is 0 Å². The molecule has 0 unspecified atom stereocenters. The summed E-state index contributed by atoms with van der Waals surface area (Å²) < 4.78 is 16.0. The van der Waals surface area contributed by atoms with Crippen molar-refractivity contribution in [1.29, 1.82) is 0 Å². The second kappa shape index (κ2) is 4.64. The zero-order chi connectivity index (χ0) is 14.4. The minimum Gasteiger partial charge on any atom is -0.256 e. The Morgan fingerprint density at radius 1 is 0.905 bits per heavy atom. The number of rotatable bonds is 1. The number of pyridine rings is 1. The Labute approximate surface area is 125 Å². The molecule has 2 heterocycles. The zero-order valence-electron chi connectivity index (χ0n) is 11.4. The molecule has 0 aliphatic heterocycles. The van der Waals surface area contributed by atoms with Crippen LogP contribution in [-0.4, -0.2) is 4.98 Å². The lowest BCUT2D eigenvalue weighted by Crippen LogP contribution is -1.81. The van der Waals surface area contributed by atoms with E-state index >= 15 is 0 Å². The minimum atomic E-state index is -0.145. The van der Waals surface area contributed by atoms with E-state index in [2.05, 4.69) is 17.1 Å². The van der Waals surface area contributed by atoms with Gasteiger partial charge < -0.3 is 0 Å². The predicted molar refractivity (Wildman–Crippen MR) is 87.3 cm³/mol. The number of aromatic nitrogens is 1. The van der Waals surface area contributed by atoms with Crippen molar-refractivity contribution in [1.82, 2.24) is 4.98 Å². The Morgan fingerprint density at radius 2 is 1.76 bits per heavy atom. The number of fused-ring (bicyclic) bond motifs is 3. The van der Waals surface area contributed by atoms with Crippen molar-refractivity contribution in [2.45, 2.75) is 6.92 Å². The smallest absolute Gasteiger partial charge is 0.127 e. The van der Waals surface area contributed by atoms with E-state index in [4.69, 9.17) is 0 Å². The van der Waals surface area contributed by atoms with Gasteiger partial charge in [-0.2, -0.15) is 0 Å². The molecule has 0 saturated heterocycles.